The van der Waals surface area contributed by atoms with Gasteiger partial charge in [0.1, 0.15) is 0 Å². The smallest absolute Gasteiger partial charge is 0.221 e. The Kier molecular flexibility index (Phi) is 4.90. The van der Waals surface area contributed by atoms with E-state index in [0.717, 1.165) is 28.0 Å². The van der Waals surface area contributed by atoms with E-state index in [9.17, 15) is 4.79 Å². The highest BCUT2D eigenvalue weighted by Crippen LogP contribution is 2.20. The predicted octanol–water partition coefficient (Wildman–Crippen LogP) is 3.09. The van der Waals surface area contributed by atoms with Gasteiger partial charge in [-0.1, -0.05) is 11.6 Å². The summed E-state index contributed by atoms with van der Waals surface area (Å²) in [6.45, 7) is 3.32. The lowest BCUT2D eigenvalue weighted by molar-refractivity contribution is -0.121. The van der Waals surface area contributed by atoms with Gasteiger partial charge in [0.15, 0.2) is 0 Å². The molecule has 0 bridgehead atoms. The molecule has 0 aliphatic carbocycles. The Morgan fingerprint density at radius 3 is 2.92 bits per heavy atom. The maximum absolute atomic E-state index is 12.0. The van der Waals surface area contributed by atoms with Gasteiger partial charge in [-0.3, -0.25) is 9.48 Å². The lowest BCUT2D eigenvalue weighted by atomic mass is 10.2. The molecule has 2 aromatic heterocycles. The molecule has 0 saturated heterocycles. The normalized spacial score (nSPS) is 11.1. The Bertz CT molecular complexity index is 865. The van der Waals surface area contributed by atoms with Crippen molar-refractivity contribution in [2.24, 2.45) is 7.05 Å². The molecule has 5 nitrogen and oxygen atoms in total. The average Bonchev–Trinajstić information content (AvgIpc) is 3.10. The number of carbonyl (C=O) groups is 1. The highest BCUT2D eigenvalue weighted by Gasteiger charge is 2.07. The molecule has 0 unspecified atom stereocenters. The van der Waals surface area contributed by atoms with Crippen LogP contribution in [0.3, 0.4) is 0 Å². The summed E-state index contributed by atoms with van der Waals surface area (Å²) in [5.74, 6) is 0.0624. The van der Waals surface area contributed by atoms with E-state index in [1.165, 1.54) is 5.56 Å². The molecule has 0 aliphatic heterocycles. The molecule has 0 saturated carbocycles. The molecule has 0 radical (unpaired) electrons. The van der Waals surface area contributed by atoms with Crippen molar-refractivity contribution in [2.75, 3.05) is 6.54 Å². The van der Waals surface area contributed by atoms with E-state index in [1.54, 1.807) is 0 Å². The number of nitrogens with one attached hydrogen (secondary N) is 1. The van der Waals surface area contributed by atoms with E-state index in [1.807, 2.05) is 55.3 Å². The lowest BCUT2D eigenvalue weighted by Gasteiger charge is -2.07. The summed E-state index contributed by atoms with van der Waals surface area (Å²) in [4.78, 5) is 12.0. The van der Waals surface area contributed by atoms with Crippen LogP contribution in [0.1, 0.15) is 17.7 Å². The van der Waals surface area contributed by atoms with Crippen LogP contribution in [0.2, 0.25) is 5.02 Å². The first kappa shape index (κ1) is 16.6. The van der Waals surface area contributed by atoms with Crippen molar-refractivity contribution in [3.8, 4) is 0 Å². The summed E-state index contributed by atoms with van der Waals surface area (Å²) in [6, 6.07) is 7.81. The molecule has 3 rings (SSSR count). The van der Waals surface area contributed by atoms with E-state index in [4.69, 9.17) is 11.6 Å². The fraction of sp³-hybridized carbons (Fsp3) is 0.333. The fourth-order valence-corrected chi connectivity index (χ4v) is 2.98. The topological polar surface area (TPSA) is 51.9 Å². The molecule has 3 aromatic rings. The number of hydrogen-bond donors (Lipinski definition) is 1. The van der Waals surface area contributed by atoms with Crippen LogP contribution < -0.4 is 5.32 Å². The maximum atomic E-state index is 12.0. The summed E-state index contributed by atoms with van der Waals surface area (Å²) < 4.78 is 3.93. The van der Waals surface area contributed by atoms with Crippen LogP contribution in [0.25, 0.3) is 10.9 Å². The quantitative estimate of drug-likeness (QED) is 0.747. The zero-order valence-electron chi connectivity index (χ0n) is 13.9. The molecule has 126 valence electrons. The third-order valence-corrected chi connectivity index (χ3v) is 4.60. The fourth-order valence-electron chi connectivity index (χ4n) is 2.80. The molecule has 2 heterocycles. The Labute approximate surface area is 146 Å². The number of amides is 1. The monoisotopic (exact) mass is 344 g/mol. The van der Waals surface area contributed by atoms with Gasteiger partial charge in [0.2, 0.25) is 5.91 Å². The highest BCUT2D eigenvalue weighted by molar-refractivity contribution is 6.31. The molecule has 0 aliphatic rings. The second-order valence-electron chi connectivity index (χ2n) is 5.94. The van der Waals surface area contributed by atoms with Crippen molar-refractivity contribution < 1.29 is 4.79 Å². The van der Waals surface area contributed by atoms with Gasteiger partial charge < -0.3 is 9.88 Å². The number of rotatable bonds is 6. The van der Waals surface area contributed by atoms with Crippen LogP contribution in [0.4, 0.5) is 0 Å². The minimum Gasteiger partial charge on any atom is -0.356 e. The second-order valence-corrected chi connectivity index (χ2v) is 6.38. The van der Waals surface area contributed by atoms with Gasteiger partial charge in [0.05, 0.1) is 6.20 Å². The molecule has 0 fully saturated rings. The van der Waals surface area contributed by atoms with Gasteiger partial charge in [0, 0.05) is 54.4 Å². The Hall–Kier alpha value is -2.27. The van der Waals surface area contributed by atoms with E-state index in [-0.39, 0.29) is 5.91 Å². The summed E-state index contributed by atoms with van der Waals surface area (Å²) >= 11 is 6.00. The number of nitrogens with zero attached hydrogens (tertiary/aromatic N) is 3. The molecule has 1 amide bonds. The molecule has 24 heavy (non-hydrogen) atoms. The van der Waals surface area contributed by atoms with Crippen LogP contribution in [-0.4, -0.2) is 26.8 Å². The Balaban J connectivity index is 1.49. The molecular formula is C18H21ClN4O. The zero-order valence-corrected chi connectivity index (χ0v) is 14.7. The number of aryl methyl sites for hydroxylation is 2. The summed E-state index contributed by atoms with van der Waals surface area (Å²) in [5.41, 5.74) is 3.41. The van der Waals surface area contributed by atoms with E-state index in [0.29, 0.717) is 19.5 Å². The number of halogens is 1. The number of hydrogen-bond acceptors (Lipinski definition) is 2. The van der Waals surface area contributed by atoms with Crippen LogP contribution >= 0.6 is 11.6 Å². The SMILES string of the molecule is Cc1c(CCNC(=O)CCn2ccc3cc(Cl)ccc32)cnn1C. The molecule has 1 N–H and O–H groups in total. The van der Waals surface area contributed by atoms with E-state index in [2.05, 4.69) is 15.0 Å². The summed E-state index contributed by atoms with van der Waals surface area (Å²) in [6.07, 6.45) is 5.11. The predicted molar refractivity (Wildman–Crippen MR) is 96.2 cm³/mol. The maximum Gasteiger partial charge on any atom is 0.221 e. The Morgan fingerprint density at radius 2 is 2.17 bits per heavy atom. The zero-order chi connectivity index (χ0) is 17.1. The minimum atomic E-state index is 0.0624. The van der Waals surface area contributed by atoms with Gasteiger partial charge >= 0.3 is 0 Å². The van der Waals surface area contributed by atoms with E-state index < -0.39 is 0 Å². The largest absolute Gasteiger partial charge is 0.356 e. The van der Waals surface area contributed by atoms with Crippen molar-refractivity contribution in [2.45, 2.75) is 26.3 Å². The first-order chi connectivity index (χ1) is 11.5. The van der Waals surface area contributed by atoms with Crippen molar-refractivity contribution in [3.05, 3.63) is 52.9 Å². The first-order valence-corrected chi connectivity index (χ1v) is 8.41. The van der Waals surface area contributed by atoms with Crippen molar-refractivity contribution >= 4 is 28.4 Å². The minimum absolute atomic E-state index is 0.0624. The third-order valence-electron chi connectivity index (χ3n) is 4.37. The van der Waals surface area contributed by atoms with Crippen LogP contribution in [-0.2, 0) is 24.8 Å². The van der Waals surface area contributed by atoms with Gasteiger partial charge in [-0.15, -0.1) is 0 Å². The summed E-state index contributed by atoms with van der Waals surface area (Å²) in [7, 11) is 1.92. The van der Waals surface area contributed by atoms with Gasteiger partial charge in [-0.25, -0.2) is 0 Å². The van der Waals surface area contributed by atoms with Gasteiger partial charge in [-0.05, 0) is 43.2 Å². The number of fused-ring (bicyclic) bond motifs is 1. The Morgan fingerprint density at radius 1 is 1.33 bits per heavy atom. The molecular weight excluding hydrogens is 324 g/mol. The standard InChI is InChI=1S/C18H21ClN4O/c1-13-15(12-21-22(13)2)5-8-20-18(24)7-10-23-9-6-14-11-16(19)3-4-17(14)23/h3-4,6,9,11-12H,5,7-8,10H2,1-2H3,(H,20,24). The van der Waals surface area contributed by atoms with Crippen molar-refractivity contribution in [1.29, 1.82) is 0 Å². The number of carbonyl (C=O) groups excluding carboxylic acids is 1. The van der Waals surface area contributed by atoms with Crippen LogP contribution in [0.5, 0.6) is 0 Å². The molecule has 0 spiro atoms. The molecule has 1 aromatic carbocycles. The van der Waals surface area contributed by atoms with Crippen LogP contribution in [0, 0.1) is 6.92 Å². The van der Waals surface area contributed by atoms with Gasteiger partial charge in [-0.2, -0.15) is 5.10 Å². The molecule has 6 heteroatoms. The third kappa shape index (κ3) is 3.62. The lowest BCUT2D eigenvalue weighted by Crippen LogP contribution is -2.26. The van der Waals surface area contributed by atoms with Crippen LogP contribution in [0.15, 0.2) is 36.7 Å². The highest BCUT2D eigenvalue weighted by atomic mass is 35.5. The second kappa shape index (κ2) is 7.09. The number of aromatic nitrogens is 3. The molecule has 0 atom stereocenters. The number of benzene rings is 1. The van der Waals surface area contributed by atoms with Crippen molar-refractivity contribution in [3.63, 3.8) is 0 Å². The average molecular weight is 345 g/mol. The summed E-state index contributed by atoms with van der Waals surface area (Å²) in [5, 5.41) is 9.01. The van der Waals surface area contributed by atoms with Gasteiger partial charge in [0.25, 0.3) is 0 Å². The van der Waals surface area contributed by atoms with Crippen molar-refractivity contribution in [1.82, 2.24) is 19.7 Å². The van der Waals surface area contributed by atoms with E-state index >= 15 is 0 Å². The first-order valence-electron chi connectivity index (χ1n) is 8.03.